The average Bonchev–Trinajstić information content (AvgIpc) is 3.22. The van der Waals surface area contributed by atoms with Crippen LogP contribution in [-0.2, 0) is 11.2 Å². The summed E-state index contributed by atoms with van der Waals surface area (Å²) in [4.78, 5) is 14.4. The molecule has 1 aliphatic rings. The molecular formula is C16H25ClN2O. The second kappa shape index (κ2) is 8.28. The second-order valence-corrected chi connectivity index (χ2v) is 5.52. The SMILES string of the molecule is CCCN(CC1CC1)C(=O)[C@@H](N)Cc1ccccc1.Cl. The third kappa shape index (κ3) is 5.14. The predicted molar refractivity (Wildman–Crippen MR) is 85.0 cm³/mol. The van der Waals surface area contributed by atoms with Gasteiger partial charge in [-0.1, -0.05) is 37.3 Å². The first-order valence-electron chi connectivity index (χ1n) is 7.29. The van der Waals surface area contributed by atoms with Crippen molar-refractivity contribution in [1.29, 1.82) is 0 Å². The van der Waals surface area contributed by atoms with Crippen LogP contribution < -0.4 is 5.73 Å². The molecule has 0 radical (unpaired) electrons. The van der Waals surface area contributed by atoms with Gasteiger partial charge in [-0.3, -0.25) is 4.79 Å². The van der Waals surface area contributed by atoms with Crippen molar-refractivity contribution in [2.75, 3.05) is 13.1 Å². The molecule has 4 heteroatoms. The van der Waals surface area contributed by atoms with E-state index in [1.165, 1.54) is 12.8 Å². The fourth-order valence-corrected chi connectivity index (χ4v) is 2.36. The van der Waals surface area contributed by atoms with E-state index in [-0.39, 0.29) is 18.3 Å². The van der Waals surface area contributed by atoms with Crippen molar-refractivity contribution >= 4 is 18.3 Å². The van der Waals surface area contributed by atoms with Crippen LogP contribution in [0.1, 0.15) is 31.7 Å². The molecule has 0 aliphatic heterocycles. The summed E-state index contributed by atoms with van der Waals surface area (Å²) >= 11 is 0. The maximum atomic E-state index is 12.4. The monoisotopic (exact) mass is 296 g/mol. The molecule has 20 heavy (non-hydrogen) atoms. The first kappa shape index (κ1) is 17.0. The average molecular weight is 297 g/mol. The van der Waals surface area contributed by atoms with E-state index >= 15 is 0 Å². The Bertz CT molecular complexity index is 406. The van der Waals surface area contributed by atoms with E-state index in [0.29, 0.717) is 6.42 Å². The Balaban J connectivity index is 0.00000200. The molecule has 2 rings (SSSR count). The molecule has 1 aliphatic carbocycles. The molecular weight excluding hydrogens is 272 g/mol. The Hall–Kier alpha value is -1.06. The third-order valence-electron chi connectivity index (χ3n) is 3.60. The van der Waals surface area contributed by atoms with Crippen molar-refractivity contribution in [3.8, 4) is 0 Å². The number of rotatable bonds is 7. The minimum atomic E-state index is -0.410. The van der Waals surface area contributed by atoms with Gasteiger partial charge in [-0.25, -0.2) is 0 Å². The van der Waals surface area contributed by atoms with E-state index in [2.05, 4.69) is 6.92 Å². The van der Waals surface area contributed by atoms with E-state index < -0.39 is 6.04 Å². The maximum Gasteiger partial charge on any atom is 0.239 e. The summed E-state index contributed by atoms with van der Waals surface area (Å²) in [5, 5.41) is 0. The number of hydrogen-bond donors (Lipinski definition) is 1. The van der Waals surface area contributed by atoms with Gasteiger partial charge >= 0.3 is 0 Å². The second-order valence-electron chi connectivity index (χ2n) is 5.52. The summed E-state index contributed by atoms with van der Waals surface area (Å²) in [7, 11) is 0. The van der Waals surface area contributed by atoms with Crippen LogP contribution in [0.15, 0.2) is 30.3 Å². The van der Waals surface area contributed by atoms with E-state index in [4.69, 9.17) is 5.73 Å². The lowest BCUT2D eigenvalue weighted by Gasteiger charge is -2.25. The summed E-state index contributed by atoms with van der Waals surface area (Å²) in [6.45, 7) is 3.84. The Morgan fingerprint density at radius 1 is 1.35 bits per heavy atom. The standard InChI is InChI=1S/C16H24N2O.ClH/c1-2-10-18(12-14-8-9-14)16(19)15(17)11-13-6-4-3-5-7-13;/h3-7,14-15H,2,8-12,17H2,1H3;1H/t15-;/m0./s1. The summed E-state index contributed by atoms with van der Waals surface area (Å²) in [6, 6.07) is 9.60. The molecule has 1 fully saturated rings. The molecule has 1 aromatic carbocycles. The molecule has 112 valence electrons. The maximum absolute atomic E-state index is 12.4. The molecule has 2 N–H and O–H groups in total. The highest BCUT2D eigenvalue weighted by atomic mass is 35.5. The van der Waals surface area contributed by atoms with Gasteiger partial charge in [-0.05, 0) is 37.2 Å². The van der Waals surface area contributed by atoms with Gasteiger partial charge in [0.05, 0.1) is 6.04 Å². The van der Waals surface area contributed by atoms with Gasteiger partial charge in [-0.2, -0.15) is 0 Å². The zero-order chi connectivity index (χ0) is 13.7. The number of halogens is 1. The molecule has 0 unspecified atom stereocenters. The van der Waals surface area contributed by atoms with Gasteiger partial charge < -0.3 is 10.6 Å². The highest BCUT2D eigenvalue weighted by molar-refractivity contribution is 5.85. The lowest BCUT2D eigenvalue weighted by atomic mass is 10.1. The summed E-state index contributed by atoms with van der Waals surface area (Å²) in [6.07, 6.45) is 4.16. The number of nitrogens with two attached hydrogens (primary N) is 1. The van der Waals surface area contributed by atoms with Crippen molar-refractivity contribution in [2.24, 2.45) is 11.7 Å². The van der Waals surface area contributed by atoms with Crippen LogP contribution in [0, 0.1) is 5.92 Å². The fourth-order valence-electron chi connectivity index (χ4n) is 2.36. The number of carbonyl (C=O) groups excluding carboxylic acids is 1. The van der Waals surface area contributed by atoms with Crippen molar-refractivity contribution < 1.29 is 4.79 Å². The Kier molecular flexibility index (Phi) is 7.03. The van der Waals surface area contributed by atoms with Gasteiger partial charge in [0, 0.05) is 13.1 Å². The van der Waals surface area contributed by atoms with E-state index in [1.807, 2.05) is 35.2 Å². The quantitative estimate of drug-likeness (QED) is 0.841. The van der Waals surface area contributed by atoms with Gasteiger partial charge in [0.15, 0.2) is 0 Å². The normalized spacial score (nSPS) is 15.3. The minimum Gasteiger partial charge on any atom is -0.341 e. The van der Waals surface area contributed by atoms with Crippen LogP contribution in [0.2, 0.25) is 0 Å². The Morgan fingerprint density at radius 3 is 2.55 bits per heavy atom. The lowest BCUT2D eigenvalue weighted by molar-refractivity contribution is -0.132. The molecule has 1 saturated carbocycles. The Morgan fingerprint density at radius 2 is 2.00 bits per heavy atom. The van der Waals surface area contributed by atoms with Crippen LogP contribution in [-0.4, -0.2) is 29.9 Å². The zero-order valence-corrected chi connectivity index (χ0v) is 12.9. The Labute approximate surface area is 127 Å². The van der Waals surface area contributed by atoms with E-state index in [0.717, 1.165) is 31.0 Å². The summed E-state index contributed by atoms with van der Waals surface area (Å²) < 4.78 is 0. The zero-order valence-electron chi connectivity index (χ0n) is 12.1. The highest BCUT2D eigenvalue weighted by Gasteiger charge is 2.28. The highest BCUT2D eigenvalue weighted by Crippen LogP contribution is 2.29. The van der Waals surface area contributed by atoms with Gasteiger partial charge in [0.2, 0.25) is 5.91 Å². The van der Waals surface area contributed by atoms with Crippen LogP contribution in [0.4, 0.5) is 0 Å². The molecule has 1 aromatic rings. The van der Waals surface area contributed by atoms with Crippen LogP contribution in [0.25, 0.3) is 0 Å². The first-order valence-corrected chi connectivity index (χ1v) is 7.29. The minimum absolute atomic E-state index is 0. The molecule has 3 nitrogen and oxygen atoms in total. The fraction of sp³-hybridized carbons (Fsp3) is 0.562. The largest absolute Gasteiger partial charge is 0.341 e. The van der Waals surface area contributed by atoms with Gasteiger partial charge in [0.25, 0.3) is 0 Å². The van der Waals surface area contributed by atoms with Crippen LogP contribution in [0.5, 0.6) is 0 Å². The summed E-state index contributed by atoms with van der Waals surface area (Å²) in [5.41, 5.74) is 7.22. The summed E-state index contributed by atoms with van der Waals surface area (Å²) in [5.74, 6) is 0.831. The van der Waals surface area contributed by atoms with Gasteiger partial charge in [0.1, 0.15) is 0 Å². The molecule has 0 aromatic heterocycles. The van der Waals surface area contributed by atoms with Crippen LogP contribution >= 0.6 is 12.4 Å². The van der Waals surface area contributed by atoms with Crippen molar-refractivity contribution in [3.05, 3.63) is 35.9 Å². The number of amides is 1. The van der Waals surface area contributed by atoms with Gasteiger partial charge in [-0.15, -0.1) is 12.4 Å². The van der Waals surface area contributed by atoms with Crippen LogP contribution in [0.3, 0.4) is 0 Å². The molecule has 0 saturated heterocycles. The van der Waals surface area contributed by atoms with E-state index in [1.54, 1.807) is 0 Å². The molecule has 0 heterocycles. The lowest BCUT2D eigenvalue weighted by Crippen LogP contribution is -2.46. The third-order valence-corrected chi connectivity index (χ3v) is 3.60. The van der Waals surface area contributed by atoms with Crippen molar-refractivity contribution in [2.45, 2.75) is 38.6 Å². The smallest absolute Gasteiger partial charge is 0.239 e. The topological polar surface area (TPSA) is 46.3 Å². The first-order chi connectivity index (χ1) is 9.20. The molecule has 1 atom stereocenters. The molecule has 0 bridgehead atoms. The number of carbonyl (C=O) groups is 1. The number of nitrogens with zero attached hydrogens (tertiary/aromatic N) is 1. The van der Waals surface area contributed by atoms with E-state index in [9.17, 15) is 4.79 Å². The van der Waals surface area contributed by atoms with Crippen molar-refractivity contribution in [1.82, 2.24) is 4.90 Å². The predicted octanol–water partition coefficient (Wildman–Crippen LogP) is 2.63. The van der Waals surface area contributed by atoms with Crippen molar-refractivity contribution in [3.63, 3.8) is 0 Å². The number of hydrogen-bond acceptors (Lipinski definition) is 2. The molecule has 0 spiro atoms. The number of benzene rings is 1. The molecule has 1 amide bonds.